The van der Waals surface area contributed by atoms with Gasteiger partial charge in [0.15, 0.2) is 0 Å². The van der Waals surface area contributed by atoms with E-state index in [0.717, 1.165) is 5.56 Å². The van der Waals surface area contributed by atoms with Crippen molar-refractivity contribution < 1.29 is 9.13 Å². The third-order valence-corrected chi connectivity index (χ3v) is 3.21. The average Bonchev–Trinajstić information content (AvgIpc) is 2.14. The van der Waals surface area contributed by atoms with Crippen LogP contribution in [-0.2, 0) is 0 Å². The van der Waals surface area contributed by atoms with E-state index < -0.39 is 0 Å². The van der Waals surface area contributed by atoms with Crippen molar-refractivity contribution in [2.24, 2.45) is 11.7 Å². The monoisotopic (exact) mass is 209 g/mol. The van der Waals surface area contributed by atoms with Gasteiger partial charge < -0.3 is 10.5 Å². The largest absolute Gasteiger partial charge is 0.496 e. The van der Waals surface area contributed by atoms with Gasteiger partial charge in [0, 0.05) is 17.7 Å². The van der Waals surface area contributed by atoms with Gasteiger partial charge in [-0.15, -0.1) is 0 Å². The van der Waals surface area contributed by atoms with Crippen molar-refractivity contribution in [3.8, 4) is 5.75 Å². The molecule has 15 heavy (non-hydrogen) atoms. The predicted octanol–water partition coefficient (Wildman–Crippen LogP) is 2.63. The molecule has 3 heteroatoms. The summed E-state index contributed by atoms with van der Waals surface area (Å²) in [5, 5.41) is 0. The molecule has 0 radical (unpaired) electrons. The van der Waals surface area contributed by atoms with Gasteiger partial charge in [-0.2, -0.15) is 0 Å². The first-order valence-corrected chi connectivity index (χ1v) is 5.31. The van der Waals surface area contributed by atoms with Crippen LogP contribution in [0.1, 0.15) is 30.9 Å². The van der Waals surface area contributed by atoms with Crippen LogP contribution < -0.4 is 10.5 Å². The molecule has 1 fully saturated rings. The van der Waals surface area contributed by atoms with Crippen LogP contribution in [0.5, 0.6) is 5.75 Å². The van der Waals surface area contributed by atoms with Crippen LogP contribution in [0.2, 0.25) is 0 Å². The molecule has 0 saturated heterocycles. The fourth-order valence-corrected chi connectivity index (χ4v) is 2.01. The fourth-order valence-electron chi connectivity index (χ4n) is 2.01. The second kappa shape index (κ2) is 4.19. The third kappa shape index (κ3) is 1.97. The molecule has 0 unspecified atom stereocenters. The van der Waals surface area contributed by atoms with Crippen molar-refractivity contribution in [2.45, 2.75) is 25.3 Å². The lowest BCUT2D eigenvalue weighted by atomic mass is 9.77. The molecule has 1 atom stereocenters. The molecule has 1 aromatic rings. The molecule has 0 bridgehead atoms. The molecule has 2 N–H and O–H groups in total. The summed E-state index contributed by atoms with van der Waals surface area (Å²) >= 11 is 0. The number of nitrogens with two attached hydrogens (primary N) is 1. The van der Waals surface area contributed by atoms with Gasteiger partial charge in [0.25, 0.3) is 0 Å². The van der Waals surface area contributed by atoms with Crippen LogP contribution in [0.15, 0.2) is 18.2 Å². The molecule has 0 spiro atoms. The summed E-state index contributed by atoms with van der Waals surface area (Å²) in [4.78, 5) is 0. The zero-order chi connectivity index (χ0) is 10.8. The number of hydrogen-bond donors (Lipinski definition) is 1. The molecule has 0 aliphatic heterocycles. The number of halogens is 1. The van der Waals surface area contributed by atoms with Gasteiger partial charge in [-0.05, 0) is 24.8 Å². The lowest BCUT2D eigenvalue weighted by molar-refractivity contribution is 0.259. The Balaban J connectivity index is 2.25. The Morgan fingerprint density at radius 2 is 2.20 bits per heavy atom. The second-order valence-corrected chi connectivity index (χ2v) is 4.10. The maximum Gasteiger partial charge on any atom is 0.126 e. The molecule has 1 aromatic carbocycles. The fraction of sp³-hybridized carbons (Fsp3) is 0.500. The SMILES string of the molecule is COc1cc(F)ccc1[C@H](N)C1CCC1. The quantitative estimate of drug-likeness (QED) is 0.830. The Bertz CT molecular complexity index is 349. The predicted molar refractivity (Wildman–Crippen MR) is 57.2 cm³/mol. The van der Waals surface area contributed by atoms with Gasteiger partial charge in [0.2, 0.25) is 0 Å². The van der Waals surface area contributed by atoms with Gasteiger partial charge in [0.1, 0.15) is 11.6 Å². The van der Waals surface area contributed by atoms with Crippen LogP contribution in [0.4, 0.5) is 4.39 Å². The minimum atomic E-state index is -0.281. The van der Waals surface area contributed by atoms with Gasteiger partial charge in [0.05, 0.1) is 7.11 Å². The maximum atomic E-state index is 13.0. The minimum absolute atomic E-state index is 0.0192. The Hall–Kier alpha value is -1.09. The van der Waals surface area contributed by atoms with Crippen molar-refractivity contribution in [1.29, 1.82) is 0 Å². The highest BCUT2D eigenvalue weighted by Gasteiger charge is 2.27. The van der Waals surface area contributed by atoms with E-state index in [2.05, 4.69) is 0 Å². The van der Waals surface area contributed by atoms with E-state index in [4.69, 9.17) is 10.5 Å². The number of ether oxygens (including phenoxy) is 1. The molecule has 0 heterocycles. The average molecular weight is 209 g/mol. The van der Waals surface area contributed by atoms with Gasteiger partial charge in [-0.3, -0.25) is 0 Å². The highest BCUT2D eigenvalue weighted by molar-refractivity contribution is 5.36. The second-order valence-electron chi connectivity index (χ2n) is 4.10. The number of benzene rings is 1. The molecule has 1 aliphatic carbocycles. The van der Waals surface area contributed by atoms with E-state index in [0.29, 0.717) is 11.7 Å². The molecule has 1 aliphatic rings. The summed E-state index contributed by atoms with van der Waals surface area (Å²) in [6.07, 6.45) is 3.59. The van der Waals surface area contributed by atoms with Crippen LogP contribution >= 0.6 is 0 Å². The molecule has 0 amide bonds. The van der Waals surface area contributed by atoms with Crippen molar-refractivity contribution in [1.82, 2.24) is 0 Å². The van der Waals surface area contributed by atoms with Gasteiger partial charge in [-0.25, -0.2) is 4.39 Å². The molecule has 2 rings (SSSR count). The Morgan fingerprint density at radius 1 is 1.47 bits per heavy atom. The molecule has 1 saturated carbocycles. The highest BCUT2D eigenvalue weighted by atomic mass is 19.1. The third-order valence-electron chi connectivity index (χ3n) is 3.21. The van der Waals surface area contributed by atoms with E-state index in [9.17, 15) is 4.39 Å². The summed E-state index contributed by atoms with van der Waals surface area (Å²) in [6.45, 7) is 0. The van der Waals surface area contributed by atoms with E-state index in [1.54, 1.807) is 13.2 Å². The Kier molecular flexibility index (Phi) is 2.91. The maximum absolute atomic E-state index is 13.0. The van der Waals surface area contributed by atoms with Crippen LogP contribution in [0.3, 0.4) is 0 Å². The molecular weight excluding hydrogens is 193 g/mol. The lowest BCUT2D eigenvalue weighted by Gasteiger charge is -2.32. The van der Waals surface area contributed by atoms with Crippen LogP contribution in [-0.4, -0.2) is 7.11 Å². The highest BCUT2D eigenvalue weighted by Crippen LogP contribution is 2.39. The minimum Gasteiger partial charge on any atom is -0.496 e. The molecule has 0 aromatic heterocycles. The summed E-state index contributed by atoms with van der Waals surface area (Å²) in [7, 11) is 1.55. The molecule has 82 valence electrons. The van der Waals surface area contributed by atoms with Crippen molar-refractivity contribution in [2.75, 3.05) is 7.11 Å². The Morgan fingerprint density at radius 3 is 2.73 bits per heavy atom. The first kappa shape index (κ1) is 10.4. The van der Waals surface area contributed by atoms with Crippen LogP contribution in [0.25, 0.3) is 0 Å². The zero-order valence-corrected chi connectivity index (χ0v) is 8.87. The van der Waals surface area contributed by atoms with Crippen LogP contribution in [0, 0.1) is 11.7 Å². The van der Waals surface area contributed by atoms with E-state index in [-0.39, 0.29) is 11.9 Å². The van der Waals surface area contributed by atoms with E-state index >= 15 is 0 Å². The number of hydrogen-bond acceptors (Lipinski definition) is 2. The van der Waals surface area contributed by atoms with E-state index in [1.165, 1.54) is 31.4 Å². The van der Waals surface area contributed by atoms with Crippen molar-refractivity contribution >= 4 is 0 Å². The Labute approximate surface area is 89.2 Å². The topological polar surface area (TPSA) is 35.2 Å². The van der Waals surface area contributed by atoms with E-state index in [1.807, 2.05) is 0 Å². The molecular formula is C12H16FNO. The van der Waals surface area contributed by atoms with Gasteiger partial charge in [-0.1, -0.05) is 12.5 Å². The first-order valence-electron chi connectivity index (χ1n) is 5.31. The first-order chi connectivity index (χ1) is 7.22. The number of methoxy groups -OCH3 is 1. The zero-order valence-electron chi connectivity index (χ0n) is 8.87. The standard InChI is InChI=1S/C12H16FNO/c1-15-11-7-9(13)5-6-10(11)12(14)8-3-2-4-8/h5-8,12H,2-4,14H2,1H3/t12-/m1/s1. The lowest BCUT2D eigenvalue weighted by Crippen LogP contribution is -2.27. The van der Waals surface area contributed by atoms with Crippen molar-refractivity contribution in [3.63, 3.8) is 0 Å². The van der Waals surface area contributed by atoms with Crippen molar-refractivity contribution in [3.05, 3.63) is 29.6 Å². The van der Waals surface area contributed by atoms with Gasteiger partial charge >= 0.3 is 0 Å². The summed E-state index contributed by atoms with van der Waals surface area (Å²) < 4.78 is 18.1. The number of rotatable bonds is 3. The summed E-state index contributed by atoms with van der Waals surface area (Å²) in [6, 6.07) is 4.55. The summed E-state index contributed by atoms with van der Waals surface area (Å²) in [5.74, 6) is 0.815. The normalized spacial score (nSPS) is 18.3. The smallest absolute Gasteiger partial charge is 0.126 e. The summed E-state index contributed by atoms with van der Waals surface area (Å²) in [5.41, 5.74) is 7.04. The molecule has 2 nitrogen and oxygen atoms in total.